The molecule has 1 N–H and O–H groups in total. The number of carbonyl (C=O) groups is 1. The van der Waals surface area contributed by atoms with Crippen molar-refractivity contribution in [2.24, 2.45) is 5.92 Å². The van der Waals surface area contributed by atoms with Crippen LogP contribution in [0.4, 0.5) is 8.78 Å². The van der Waals surface area contributed by atoms with Crippen LogP contribution in [0.15, 0.2) is 18.2 Å². The van der Waals surface area contributed by atoms with E-state index in [-0.39, 0.29) is 30.0 Å². The van der Waals surface area contributed by atoms with Gasteiger partial charge < -0.3 is 10.2 Å². The molecule has 0 radical (unpaired) electrons. The predicted molar refractivity (Wildman–Crippen MR) is 75.5 cm³/mol. The Morgan fingerprint density at radius 2 is 1.81 bits per heavy atom. The van der Waals surface area contributed by atoms with E-state index in [0.717, 1.165) is 25.7 Å². The minimum absolute atomic E-state index is 0.00466. The second-order valence-electron chi connectivity index (χ2n) is 5.96. The smallest absolute Gasteiger partial charge is 0.228 e. The summed E-state index contributed by atoms with van der Waals surface area (Å²) in [5, 5.41) is 3.08. The third kappa shape index (κ3) is 2.93. The van der Waals surface area contributed by atoms with Crippen LogP contribution in [0, 0.1) is 17.6 Å². The molecule has 1 amide bonds. The molecule has 1 saturated heterocycles. The minimum atomic E-state index is -0.572. The zero-order valence-corrected chi connectivity index (χ0v) is 11.9. The molecule has 5 heteroatoms. The van der Waals surface area contributed by atoms with Crippen LogP contribution in [0.3, 0.4) is 0 Å². The first-order chi connectivity index (χ1) is 10.2. The predicted octanol–water partition coefficient (Wildman–Crippen LogP) is 2.46. The van der Waals surface area contributed by atoms with Crippen molar-refractivity contribution in [1.29, 1.82) is 0 Å². The normalized spacial score (nSPS) is 19.5. The third-order valence-electron chi connectivity index (χ3n) is 4.57. The van der Waals surface area contributed by atoms with Gasteiger partial charge in [-0.05, 0) is 25.0 Å². The van der Waals surface area contributed by atoms with Crippen molar-refractivity contribution in [3.8, 4) is 0 Å². The molecule has 3 rings (SSSR count). The van der Waals surface area contributed by atoms with Crippen LogP contribution in [-0.2, 0) is 11.3 Å². The summed E-state index contributed by atoms with van der Waals surface area (Å²) in [4.78, 5) is 14.3. The summed E-state index contributed by atoms with van der Waals surface area (Å²) < 4.78 is 27.7. The van der Waals surface area contributed by atoms with E-state index in [4.69, 9.17) is 0 Å². The van der Waals surface area contributed by atoms with Crippen LogP contribution in [-0.4, -0.2) is 29.9 Å². The molecule has 1 aliphatic carbocycles. The molecule has 1 aromatic rings. The van der Waals surface area contributed by atoms with Gasteiger partial charge in [-0.25, -0.2) is 8.78 Å². The summed E-state index contributed by atoms with van der Waals surface area (Å²) in [7, 11) is 0. The van der Waals surface area contributed by atoms with Crippen LogP contribution >= 0.6 is 0 Å². The summed E-state index contributed by atoms with van der Waals surface area (Å²) in [6, 6.07) is 3.98. The number of carbonyl (C=O) groups excluding carboxylic acids is 1. The Kier molecular flexibility index (Phi) is 4.19. The maximum Gasteiger partial charge on any atom is 0.228 e. The molecule has 1 heterocycles. The van der Waals surface area contributed by atoms with Crippen molar-refractivity contribution < 1.29 is 13.6 Å². The molecular formula is C16H20F2N2O. The summed E-state index contributed by atoms with van der Waals surface area (Å²) in [6.07, 6.45) is 4.03. The van der Waals surface area contributed by atoms with Gasteiger partial charge in [-0.1, -0.05) is 18.9 Å². The van der Waals surface area contributed by atoms with E-state index in [0.29, 0.717) is 13.1 Å². The van der Waals surface area contributed by atoms with Crippen molar-refractivity contribution in [2.75, 3.05) is 13.1 Å². The quantitative estimate of drug-likeness (QED) is 0.925. The molecule has 0 spiro atoms. The number of benzene rings is 1. The van der Waals surface area contributed by atoms with Gasteiger partial charge in [0.1, 0.15) is 11.6 Å². The van der Waals surface area contributed by atoms with Gasteiger partial charge in [0.25, 0.3) is 0 Å². The van der Waals surface area contributed by atoms with E-state index in [9.17, 15) is 13.6 Å². The molecule has 1 aromatic carbocycles. The van der Waals surface area contributed by atoms with Crippen molar-refractivity contribution in [2.45, 2.75) is 38.3 Å². The highest BCUT2D eigenvalue weighted by atomic mass is 19.1. The lowest BCUT2D eigenvalue weighted by Crippen LogP contribution is -2.53. The summed E-state index contributed by atoms with van der Waals surface area (Å²) in [6.45, 7) is 1.38. The van der Waals surface area contributed by atoms with E-state index in [1.807, 2.05) is 0 Å². The molecule has 0 unspecified atom stereocenters. The van der Waals surface area contributed by atoms with Gasteiger partial charge in [-0.2, -0.15) is 0 Å². The van der Waals surface area contributed by atoms with E-state index < -0.39 is 11.6 Å². The van der Waals surface area contributed by atoms with Crippen molar-refractivity contribution in [1.82, 2.24) is 10.2 Å². The second-order valence-corrected chi connectivity index (χ2v) is 5.96. The lowest BCUT2D eigenvalue weighted by atomic mass is 9.99. The molecule has 3 nitrogen and oxygen atoms in total. The number of nitrogens with one attached hydrogen (secondary N) is 1. The number of halogens is 2. The highest BCUT2D eigenvalue weighted by Gasteiger charge is 2.34. The monoisotopic (exact) mass is 294 g/mol. The maximum absolute atomic E-state index is 13.9. The largest absolute Gasteiger partial charge is 0.335 e. The number of hydrogen-bond donors (Lipinski definition) is 1. The van der Waals surface area contributed by atoms with Gasteiger partial charge in [0.05, 0.1) is 12.5 Å². The van der Waals surface area contributed by atoms with Crippen molar-refractivity contribution >= 4 is 5.91 Å². The van der Waals surface area contributed by atoms with Crippen molar-refractivity contribution in [3.05, 3.63) is 35.4 Å². The molecule has 0 aromatic heterocycles. The zero-order valence-electron chi connectivity index (χ0n) is 11.9. The Bertz CT molecular complexity index is 505. The zero-order chi connectivity index (χ0) is 14.8. The van der Waals surface area contributed by atoms with Gasteiger partial charge in [0.15, 0.2) is 0 Å². The fourth-order valence-electron chi connectivity index (χ4n) is 3.15. The first-order valence-electron chi connectivity index (χ1n) is 7.61. The summed E-state index contributed by atoms with van der Waals surface area (Å²) in [5.41, 5.74) is 0.00466. The number of hydrogen-bond acceptors (Lipinski definition) is 2. The topological polar surface area (TPSA) is 32.3 Å². The number of rotatable bonds is 4. The molecule has 0 bridgehead atoms. The molecular weight excluding hydrogens is 274 g/mol. The maximum atomic E-state index is 13.9. The first kappa shape index (κ1) is 14.4. The van der Waals surface area contributed by atoms with E-state index in [1.165, 1.54) is 18.2 Å². The summed E-state index contributed by atoms with van der Waals surface area (Å²) >= 11 is 0. The van der Waals surface area contributed by atoms with Crippen LogP contribution < -0.4 is 5.32 Å². The minimum Gasteiger partial charge on any atom is -0.335 e. The SMILES string of the molecule is O=C(C1CNC1)N(Cc1c(F)cccc1F)C1CCCC1. The lowest BCUT2D eigenvalue weighted by molar-refractivity contribution is -0.140. The molecule has 2 fully saturated rings. The van der Waals surface area contributed by atoms with Gasteiger partial charge in [0, 0.05) is 24.7 Å². The van der Waals surface area contributed by atoms with Crippen LogP contribution in [0.2, 0.25) is 0 Å². The Morgan fingerprint density at radius 1 is 1.19 bits per heavy atom. The Morgan fingerprint density at radius 3 is 2.33 bits per heavy atom. The highest BCUT2D eigenvalue weighted by molar-refractivity contribution is 5.80. The Labute approximate surface area is 123 Å². The van der Waals surface area contributed by atoms with Gasteiger partial charge in [-0.3, -0.25) is 4.79 Å². The Hall–Kier alpha value is -1.49. The standard InChI is InChI=1S/C16H20F2N2O/c17-14-6-3-7-15(18)13(14)10-20(12-4-1-2-5-12)16(21)11-8-19-9-11/h3,6-7,11-12,19H,1-2,4-5,8-10H2. The average molecular weight is 294 g/mol. The molecule has 114 valence electrons. The van der Waals surface area contributed by atoms with Crippen LogP contribution in [0.25, 0.3) is 0 Å². The average Bonchev–Trinajstić information content (AvgIpc) is 2.90. The van der Waals surface area contributed by atoms with Gasteiger partial charge in [-0.15, -0.1) is 0 Å². The van der Waals surface area contributed by atoms with Crippen LogP contribution in [0.5, 0.6) is 0 Å². The summed E-state index contributed by atoms with van der Waals surface area (Å²) in [5.74, 6) is -1.15. The fourth-order valence-corrected chi connectivity index (χ4v) is 3.15. The Balaban J connectivity index is 1.82. The van der Waals surface area contributed by atoms with E-state index in [1.54, 1.807) is 4.90 Å². The van der Waals surface area contributed by atoms with Crippen molar-refractivity contribution in [3.63, 3.8) is 0 Å². The molecule has 21 heavy (non-hydrogen) atoms. The number of nitrogens with zero attached hydrogens (tertiary/aromatic N) is 1. The van der Waals surface area contributed by atoms with Crippen LogP contribution in [0.1, 0.15) is 31.2 Å². The van der Waals surface area contributed by atoms with E-state index in [2.05, 4.69) is 5.32 Å². The molecule has 2 aliphatic rings. The molecule has 1 saturated carbocycles. The highest BCUT2D eigenvalue weighted by Crippen LogP contribution is 2.28. The molecule has 0 atom stereocenters. The number of amides is 1. The first-order valence-corrected chi connectivity index (χ1v) is 7.61. The second kappa shape index (κ2) is 6.10. The van der Waals surface area contributed by atoms with Gasteiger partial charge in [0.2, 0.25) is 5.91 Å². The van der Waals surface area contributed by atoms with Gasteiger partial charge >= 0.3 is 0 Å². The third-order valence-corrected chi connectivity index (χ3v) is 4.57. The molecule has 1 aliphatic heterocycles. The lowest BCUT2D eigenvalue weighted by Gasteiger charge is -2.36. The van der Waals surface area contributed by atoms with E-state index >= 15 is 0 Å². The fraction of sp³-hybridized carbons (Fsp3) is 0.562.